The molecule has 0 bridgehead atoms. The normalized spacial score (nSPS) is 11.7. The Balaban J connectivity index is 2.50. The molecular formula is C17H24N2O5. The largest absolute Gasteiger partial charge is 0.494 e. The van der Waals surface area contributed by atoms with Gasteiger partial charge in [-0.3, -0.25) is 9.59 Å². The maximum absolute atomic E-state index is 12.0. The zero-order valence-electron chi connectivity index (χ0n) is 14.2. The molecule has 1 rings (SSSR count). The van der Waals surface area contributed by atoms with Gasteiger partial charge in [-0.15, -0.1) is 0 Å². The molecule has 0 aliphatic rings. The average Bonchev–Trinajstić information content (AvgIpc) is 2.52. The highest BCUT2D eigenvalue weighted by Crippen LogP contribution is 2.11. The van der Waals surface area contributed by atoms with Crippen molar-refractivity contribution in [3.63, 3.8) is 0 Å². The maximum atomic E-state index is 12.0. The average molecular weight is 336 g/mol. The molecule has 132 valence electrons. The van der Waals surface area contributed by atoms with Gasteiger partial charge in [0.25, 0.3) is 5.91 Å². The van der Waals surface area contributed by atoms with Gasteiger partial charge in [-0.05, 0) is 43.5 Å². The number of carboxylic acids is 1. The van der Waals surface area contributed by atoms with Crippen molar-refractivity contribution in [2.45, 2.75) is 33.2 Å². The summed E-state index contributed by atoms with van der Waals surface area (Å²) >= 11 is 0. The number of carbonyl (C=O) groups excluding carboxylic acids is 2. The first-order valence-electron chi connectivity index (χ1n) is 7.86. The second-order valence-electron chi connectivity index (χ2n) is 5.73. The zero-order valence-corrected chi connectivity index (χ0v) is 14.2. The van der Waals surface area contributed by atoms with Crippen molar-refractivity contribution in [1.29, 1.82) is 0 Å². The number of hydrogen-bond donors (Lipinski definition) is 3. The predicted molar refractivity (Wildman–Crippen MR) is 89.0 cm³/mol. The number of aliphatic carboxylic acids is 1. The van der Waals surface area contributed by atoms with Crippen LogP contribution in [0.4, 0.5) is 0 Å². The molecule has 3 N–H and O–H groups in total. The molecule has 1 aromatic carbocycles. The van der Waals surface area contributed by atoms with Crippen LogP contribution >= 0.6 is 0 Å². The van der Waals surface area contributed by atoms with Crippen molar-refractivity contribution >= 4 is 17.8 Å². The molecule has 1 atom stereocenters. The number of carboxylic acid groups (broad SMARTS) is 1. The van der Waals surface area contributed by atoms with Gasteiger partial charge >= 0.3 is 5.97 Å². The van der Waals surface area contributed by atoms with E-state index in [-0.39, 0.29) is 12.5 Å². The fourth-order valence-corrected chi connectivity index (χ4v) is 2.07. The van der Waals surface area contributed by atoms with Crippen LogP contribution in [0.5, 0.6) is 5.75 Å². The molecule has 2 amide bonds. The molecule has 1 aromatic rings. The van der Waals surface area contributed by atoms with Crippen LogP contribution in [0.2, 0.25) is 0 Å². The van der Waals surface area contributed by atoms with Crippen molar-refractivity contribution in [2.24, 2.45) is 5.92 Å². The van der Waals surface area contributed by atoms with Gasteiger partial charge in [-0.1, -0.05) is 13.8 Å². The van der Waals surface area contributed by atoms with E-state index in [1.54, 1.807) is 24.3 Å². The fourth-order valence-electron chi connectivity index (χ4n) is 2.07. The third-order valence-corrected chi connectivity index (χ3v) is 3.18. The van der Waals surface area contributed by atoms with E-state index in [1.165, 1.54) is 0 Å². The van der Waals surface area contributed by atoms with Crippen LogP contribution in [0.3, 0.4) is 0 Å². The molecule has 0 heterocycles. The number of ether oxygens (including phenoxy) is 1. The van der Waals surface area contributed by atoms with Gasteiger partial charge in [0, 0.05) is 5.56 Å². The first-order chi connectivity index (χ1) is 11.3. The van der Waals surface area contributed by atoms with Gasteiger partial charge in [-0.25, -0.2) is 4.79 Å². The number of nitrogens with one attached hydrogen (secondary N) is 2. The predicted octanol–water partition coefficient (Wildman–Crippen LogP) is 1.43. The molecule has 0 spiro atoms. The number of hydrogen-bond acceptors (Lipinski definition) is 4. The van der Waals surface area contributed by atoms with Gasteiger partial charge in [0.15, 0.2) is 0 Å². The Hall–Kier alpha value is -2.57. The third kappa shape index (κ3) is 6.68. The van der Waals surface area contributed by atoms with Crippen LogP contribution in [-0.4, -0.2) is 42.1 Å². The lowest BCUT2D eigenvalue weighted by atomic mass is 10.0. The molecule has 0 saturated carbocycles. The van der Waals surface area contributed by atoms with E-state index in [2.05, 4.69) is 10.6 Å². The second kappa shape index (κ2) is 9.54. The summed E-state index contributed by atoms with van der Waals surface area (Å²) in [5.74, 6) is -1.25. The second-order valence-corrected chi connectivity index (χ2v) is 5.73. The van der Waals surface area contributed by atoms with Gasteiger partial charge in [0.1, 0.15) is 11.8 Å². The summed E-state index contributed by atoms with van der Waals surface area (Å²) in [4.78, 5) is 34.9. The minimum atomic E-state index is -1.09. The minimum absolute atomic E-state index is 0.129. The van der Waals surface area contributed by atoms with Gasteiger partial charge in [-0.2, -0.15) is 0 Å². The monoisotopic (exact) mass is 336 g/mol. The first kappa shape index (κ1) is 19.5. The third-order valence-electron chi connectivity index (χ3n) is 3.18. The minimum Gasteiger partial charge on any atom is -0.494 e. The van der Waals surface area contributed by atoms with E-state index in [4.69, 9.17) is 9.84 Å². The Bertz CT molecular complexity index is 569. The van der Waals surface area contributed by atoms with Crippen LogP contribution in [0.25, 0.3) is 0 Å². The SMILES string of the molecule is CCOc1ccc(C(=O)NCC(=O)NC(CC(C)C)C(=O)O)cc1. The van der Waals surface area contributed by atoms with E-state index >= 15 is 0 Å². The Morgan fingerprint density at radius 2 is 1.79 bits per heavy atom. The van der Waals surface area contributed by atoms with E-state index in [9.17, 15) is 14.4 Å². The molecule has 7 heteroatoms. The highest BCUT2D eigenvalue weighted by molar-refractivity contribution is 5.96. The molecule has 1 unspecified atom stereocenters. The summed E-state index contributed by atoms with van der Waals surface area (Å²) in [6.07, 6.45) is 0.327. The molecule has 24 heavy (non-hydrogen) atoms. The van der Waals surface area contributed by atoms with Gasteiger partial charge < -0.3 is 20.5 Å². The Morgan fingerprint density at radius 1 is 1.17 bits per heavy atom. The quantitative estimate of drug-likeness (QED) is 0.633. The number of amides is 2. The van der Waals surface area contributed by atoms with Gasteiger partial charge in [0.2, 0.25) is 5.91 Å². The van der Waals surface area contributed by atoms with Crippen LogP contribution < -0.4 is 15.4 Å². The van der Waals surface area contributed by atoms with E-state index < -0.39 is 23.8 Å². The summed E-state index contributed by atoms with van der Waals surface area (Å²) in [6, 6.07) is 5.57. The highest BCUT2D eigenvalue weighted by atomic mass is 16.5. The number of benzene rings is 1. The molecule has 0 radical (unpaired) electrons. The van der Waals surface area contributed by atoms with Crippen molar-refractivity contribution in [1.82, 2.24) is 10.6 Å². The smallest absolute Gasteiger partial charge is 0.326 e. The van der Waals surface area contributed by atoms with Gasteiger partial charge in [0.05, 0.1) is 13.2 Å². The molecule has 0 fully saturated rings. The molecule has 0 aliphatic heterocycles. The van der Waals surface area contributed by atoms with Crippen molar-refractivity contribution in [3.8, 4) is 5.75 Å². The molecular weight excluding hydrogens is 312 g/mol. The van der Waals surface area contributed by atoms with Crippen LogP contribution in [0, 0.1) is 5.92 Å². The van der Waals surface area contributed by atoms with Crippen molar-refractivity contribution in [2.75, 3.05) is 13.2 Å². The molecule has 7 nitrogen and oxygen atoms in total. The van der Waals surface area contributed by atoms with E-state index in [0.717, 1.165) is 0 Å². The highest BCUT2D eigenvalue weighted by Gasteiger charge is 2.21. The van der Waals surface area contributed by atoms with Crippen LogP contribution in [0.1, 0.15) is 37.6 Å². The first-order valence-corrected chi connectivity index (χ1v) is 7.86. The lowest BCUT2D eigenvalue weighted by Gasteiger charge is -2.16. The summed E-state index contributed by atoms with van der Waals surface area (Å²) in [7, 11) is 0. The Kier molecular flexibility index (Phi) is 7.74. The Labute approximate surface area is 141 Å². The molecule has 0 aliphatic carbocycles. The van der Waals surface area contributed by atoms with Crippen LogP contribution in [-0.2, 0) is 9.59 Å². The fraction of sp³-hybridized carbons (Fsp3) is 0.471. The van der Waals surface area contributed by atoms with Crippen LogP contribution in [0.15, 0.2) is 24.3 Å². The van der Waals surface area contributed by atoms with Crippen molar-refractivity contribution < 1.29 is 24.2 Å². The summed E-state index contributed by atoms with van der Waals surface area (Å²) in [5.41, 5.74) is 0.392. The van der Waals surface area contributed by atoms with E-state index in [0.29, 0.717) is 24.3 Å². The molecule has 0 aromatic heterocycles. The summed E-state index contributed by atoms with van der Waals surface area (Å²) in [6.45, 7) is 5.86. The number of rotatable bonds is 9. The summed E-state index contributed by atoms with van der Waals surface area (Å²) < 4.78 is 5.29. The standard InChI is InChI=1S/C17H24N2O5/c1-4-24-13-7-5-12(6-8-13)16(21)18-10-15(20)19-14(17(22)23)9-11(2)3/h5-8,11,14H,4,9-10H2,1-3H3,(H,18,21)(H,19,20)(H,22,23). The Morgan fingerprint density at radius 3 is 2.29 bits per heavy atom. The van der Waals surface area contributed by atoms with E-state index in [1.807, 2.05) is 20.8 Å². The maximum Gasteiger partial charge on any atom is 0.326 e. The zero-order chi connectivity index (χ0) is 18.1. The molecule has 0 saturated heterocycles. The lowest BCUT2D eigenvalue weighted by molar-refractivity contribution is -0.142. The topological polar surface area (TPSA) is 105 Å². The lowest BCUT2D eigenvalue weighted by Crippen LogP contribution is -2.46. The summed E-state index contributed by atoms with van der Waals surface area (Å²) in [5, 5.41) is 14.0. The van der Waals surface area contributed by atoms with Crippen molar-refractivity contribution in [3.05, 3.63) is 29.8 Å². The number of carbonyl (C=O) groups is 3.